The zero-order chi connectivity index (χ0) is 13.1. The third kappa shape index (κ3) is 3.47. The normalized spacial score (nSPS) is 23.6. The number of hydrogen-bond acceptors (Lipinski definition) is 3. The molecule has 102 valence electrons. The Morgan fingerprint density at radius 1 is 1.21 bits per heavy atom. The molecule has 2 heterocycles. The van der Waals surface area contributed by atoms with Gasteiger partial charge in [-0.05, 0) is 54.5 Å². The van der Waals surface area contributed by atoms with Crippen molar-refractivity contribution in [2.24, 2.45) is 5.92 Å². The number of nitrogens with one attached hydrogen (secondary N) is 1. The lowest BCUT2D eigenvalue weighted by Gasteiger charge is -2.26. The molecule has 1 N–H and O–H groups in total. The first-order valence-corrected chi connectivity index (χ1v) is 8.92. The second-order valence-electron chi connectivity index (χ2n) is 5.62. The van der Waals surface area contributed by atoms with Gasteiger partial charge in [-0.15, -0.1) is 22.7 Å². The summed E-state index contributed by atoms with van der Waals surface area (Å²) in [5, 5.41) is 8.16. The van der Waals surface area contributed by atoms with E-state index in [1.54, 1.807) is 0 Å². The van der Waals surface area contributed by atoms with E-state index in [4.69, 9.17) is 0 Å². The van der Waals surface area contributed by atoms with Crippen molar-refractivity contribution in [1.29, 1.82) is 0 Å². The lowest BCUT2D eigenvalue weighted by molar-refractivity contribution is 0.307. The highest BCUT2D eigenvalue weighted by atomic mass is 32.1. The molecule has 1 nitrogen and oxygen atoms in total. The lowest BCUT2D eigenvalue weighted by atomic mass is 9.87. The van der Waals surface area contributed by atoms with Crippen molar-refractivity contribution < 1.29 is 0 Å². The SMILES string of the molecule is CC1CCC(NCc2cc(-c3cccs3)cs2)CC1. The maximum atomic E-state index is 3.73. The van der Waals surface area contributed by atoms with E-state index in [9.17, 15) is 0 Å². The Kier molecular flexibility index (Phi) is 4.36. The molecule has 0 aliphatic heterocycles. The first-order chi connectivity index (χ1) is 9.31. The van der Waals surface area contributed by atoms with Gasteiger partial charge in [-0.25, -0.2) is 0 Å². The smallest absolute Gasteiger partial charge is 0.0351 e. The molecule has 1 aliphatic carbocycles. The Labute approximate surface area is 123 Å². The molecule has 1 fully saturated rings. The molecule has 0 amide bonds. The molecule has 0 atom stereocenters. The van der Waals surface area contributed by atoms with Crippen molar-refractivity contribution in [2.45, 2.75) is 45.2 Å². The van der Waals surface area contributed by atoms with Gasteiger partial charge < -0.3 is 5.32 Å². The van der Waals surface area contributed by atoms with Crippen LogP contribution in [0.4, 0.5) is 0 Å². The predicted octanol–water partition coefficient (Wildman–Crippen LogP) is 5.14. The van der Waals surface area contributed by atoms with Gasteiger partial charge in [0.25, 0.3) is 0 Å². The Morgan fingerprint density at radius 2 is 2.05 bits per heavy atom. The second-order valence-corrected chi connectivity index (χ2v) is 7.56. The molecule has 1 saturated carbocycles. The van der Waals surface area contributed by atoms with Gasteiger partial charge in [0.15, 0.2) is 0 Å². The summed E-state index contributed by atoms with van der Waals surface area (Å²) in [6, 6.07) is 7.41. The van der Waals surface area contributed by atoms with Crippen LogP contribution in [-0.4, -0.2) is 6.04 Å². The molecule has 0 unspecified atom stereocenters. The lowest BCUT2D eigenvalue weighted by Crippen LogP contribution is -2.31. The van der Waals surface area contributed by atoms with E-state index in [1.165, 1.54) is 41.0 Å². The standard InChI is InChI=1S/C16H21NS2/c1-12-4-6-14(7-5-12)17-10-15-9-13(11-19-15)16-3-2-8-18-16/h2-3,8-9,11-12,14,17H,4-7,10H2,1H3. The van der Waals surface area contributed by atoms with Gasteiger partial charge in [-0.2, -0.15) is 0 Å². The Bertz CT molecular complexity index is 493. The van der Waals surface area contributed by atoms with Crippen molar-refractivity contribution in [3.05, 3.63) is 33.8 Å². The van der Waals surface area contributed by atoms with Crippen LogP contribution in [0.15, 0.2) is 29.0 Å². The minimum absolute atomic E-state index is 0.739. The first kappa shape index (κ1) is 13.3. The molecule has 19 heavy (non-hydrogen) atoms. The summed E-state index contributed by atoms with van der Waals surface area (Å²) in [6.45, 7) is 3.41. The van der Waals surface area contributed by atoms with E-state index in [-0.39, 0.29) is 0 Å². The Balaban J connectivity index is 1.53. The van der Waals surface area contributed by atoms with E-state index in [0.29, 0.717) is 0 Å². The van der Waals surface area contributed by atoms with Crippen LogP contribution in [0.2, 0.25) is 0 Å². The summed E-state index contributed by atoms with van der Waals surface area (Å²) in [4.78, 5) is 2.84. The van der Waals surface area contributed by atoms with Crippen LogP contribution < -0.4 is 5.32 Å². The summed E-state index contributed by atoms with van der Waals surface area (Å²) in [5.41, 5.74) is 1.38. The quantitative estimate of drug-likeness (QED) is 0.822. The maximum Gasteiger partial charge on any atom is 0.0351 e. The van der Waals surface area contributed by atoms with E-state index < -0.39 is 0 Å². The number of rotatable bonds is 4. The molecule has 0 aromatic carbocycles. The number of thiophene rings is 2. The van der Waals surface area contributed by atoms with Crippen LogP contribution in [0.3, 0.4) is 0 Å². The second kappa shape index (κ2) is 6.21. The predicted molar refractivity (Wildman–Crippen MR) is 85.9 cm³/mol. The average molecular weight is 291 g/mol. The van der Waals surface area contributed by atoms with Crippen LogP contribution in [0.5, 0.6) is 0 Å². The summed E-state index contributed by atoms with van der Waals surface area (Å²) in [5.74, 6) is 0.935. The Morgan fingerprint density at radius 3 is 2.79 bits per heavy atom. The van der Waals surface area contributed by atoms with Crippen molar-refractivity contribution in [2.75, 3.05) is 0 Å². The van der Waals surface area contributed by atoms with Crippen molar-refractivity contribution in [3.8, 4) is 10.4 Å². The van der Waals surface area contributed by atoms with E-state index in [2.05, 4.69) is 41.2 Å². The molecule has 0 saturated heterocycles. The minimum atomic E-state index is 0.739. The molecule has 0 bridgehead atoms. The largest absolute Gasteiger partial charge is 0.309 e. The third-order valence-corrected chi connectivity index (χ3v) is 5.90. The number of hydrogen-bond donors (Lipinski definition) is 1. The van der Waals surface area contributed by atoms with Gasteiger partial charge >= 0.3 is 0 Å². The third-order valence-electron chi connectivity index (χ3n) is 4.04. The summed E-state index contributed by atoms with van der Waals surface area (Å²) in [6.07, 6.45) is 5.49. The molecular formula is C16H21NS2. The molecule has 2 aromatic heterocycles. The topological polar surface area (TPSA) is 12.0 Å². The first-order valence-electron chi connectivity index (χ1n) is 7.16. The summed E-state index contributed by atoms with van der Waals surface area (Å²) >= 11 is 3.70. The van der Waals surface area contributed by atoms with Gasteiger partial charge in [-0.1, -0.05) is 13.0 Å². The van der Waals surface area contributed by atoms with Gasteiger partial charge in [0.2, 0.25) is 0 Å². The molecule has 3 rings (SSSR count). The van der Waals surface area contributed by atoms with Crippen molar-refractivity contribution >= 4 is 22.7 Å². The molecule has 0 radical (unpaired) electrons. The van der Waals surface area contributed by atoms with Gasteiger partial charge in [0.1, 0.15) is 0 Å². The molecule has 1 aliphatic rings. The van der Waals surface area contributed by atoms with E-state index >= 15 is 0 Å². The Hall–Kier alpha value is -0.640. The van der Waals surface area contributed by atoms with Crippen LogP contribution >= 0.6 is 22.7 Å². The van der Waals surface area contributed by atoms with Crippen LogP contribution in [0.1, 0.15) is 37.5 Å². The van der Waals surface area contributed by atoms with Gasteiger partial charge in [0, 0.05) is 27.9 Å². The fourth-order valence-electron chi connectivity index (χ4n) is 2.75. The van der Waals surface area contributed by atoms with Crippen molar-refractivity contribution in [1.82, 2.24) is 5.32 Å². The highest BCUT2D eigenvalue weighted by molar-refractivity contribution is 7.14. The molecule has 0 spiro atoms. The zero-order valence-electron chi connectivity index (χ0n) is 11.4. The van der Waals surface area contributed by atoms with Crippen molar-refractivity contribution in [3.63, 3.8) is 0 Å². The van der Waals surface area contributed by atoms with Gasteiger partial charge in [0.05, 0.1) is 0 Å². The fourth-order valence-corrected chi connectivity index (χ4v) is 4.38. The van der Waals surface area contributed by atoms with Crippen LogP contribution in [0, 0.1) is 5.92 Å². The van der Waals surface area contributed by atoms with E-state index in [1.807, 2.05) is 22.7 Å². The average Bonchev–Trinajstić information content (AvgIpc) is 3.09. The highest BCUT2D eigenvalue weighted by Crippen LogP contribution is 2.29. The van der Waals surface area contributed by atoms with E-state index in [0.717, 1.165) is 18.5 Å². The summed E-state index contributed by atoms with van der Waals surface area (Å²) in [7, 11) is 0. The fraction of sp³-hybridized carbons (Fsp3) is 0.500. The molecular weight excluding hydrogens is 270 g/mol. The maximum absolute atomic E-state index is 3.73. The van der Waals surface area contributed by atoms with Crippen LogP contribution in [0.25, 0.3) is 10.4 Å². The zero-order valence-corrected chi connectivity index (χ0v) is 13.0. The summed E-state index contributed by atoms with van der Waals surface area (Å²) < 4.78 is 0. The monoisotopic (exact) mass is 291 g/mol. The minimum Gasteiger partial charge on any atom is -0.309 e. The molecule has 2 aromatic rings. The highest BCUT2D eigenvalue weighted by Gasteiger charge is 2.17. The van der Waals surface area contributed by atoms with Gasteiger partial charge in [-0.3, -0.25) is 0 Å². The van der Waals surface area contributed by atoms with Crippen LogP contribution in [-0.2, 0) is 6.54 Å². The molecule has 3 heteroatoms.